The van der Waals surface area contributed by atoms with Crippen molar-refractivity contribution in [2.45, 2.75) is 26.4 Å². The Morgan fingerprint density at radius 3 is 2.26 bits per heavy atom. The summed E-state index contributed by atoms with van der Waals surface area (Å²) in [4.78, 5) is 27.6. The van der Waals surface area contributed by atoms with Crippen LogP contribution in [0.3, 0.4) is 0 Å². The molecule has 1 N–H and O–H groups in total. The third kappa shape index (κ3) is 8.65. The number of benzene rings is 2. The number of aliphatic hydroxyl groups excluding tert-OH is 1. The molecular formula is C25H21FNNa2O5P. The zero-order valence-corrected chi connectivity index (χ0v) is 24.9. The molecule has 0 radical (unpaired) electrons. The number of pyridine rings is 1. The molecule has 0 amide bonds. The van der Waals surface area contributed by atoms with Gasteiger partial charge in [-0.3, -0.25) is 4.98 Å². The standard InChI is InChI=1S/C25H23FNO5P.2Na/c1-16-24(18-8-10-20(26)11-9-18)22(12-13-33(31,32)15-21(28)14-23(29)30)17(2)27-25(16)19-6-4-3-5-7-19;;/h3-11,21,28H,14-15H2,1-2H3,(H,29,30)(H,31,32);;/q;2*+1/p-2/t21-;;/m1../s1. The Bertz CT molecular complexity index is 1290. The van der Waals surface area contributed by atoms with E-state index >= 15 is 0 Å². The van der Waals surface area contributed by atoms with Crippen LogP contribution >= 0.6 is 7.37 Å². The molecule has 0 aliphatic carbocycles. The van der Waals surface area contributed by atoms with Gasteiger partial charge in [-0.25, -0.2) is 4.39 Å². The Kier molecular flexibility index (Phi) is 12.6. The van der Waals surface area contributed by atoms with E-state index in [9.17, 15) is 28.9 Å². The van der Waals surface area contributed by atoms with Crippen molar-refractivity contribution < 1.29 is 88.0 Å². The summed E-state index contributed by atoms with van der Waals surface area (Å²) >= 11 is 0. The minimum absolute atomic E-state index is 0. The van der Waals surface area contributed by atoms with Crippen molar-refractivity contribution in [2.75, 3.05) is 6.16 Å². The van der Waals surface area contributed by atoms with Crippen molar-refractivity contribution in [1.29, 1.82) is 0 Å². The van der Waals surface area contributed by atoms with E-state index in [4.69, 9.17) is 0 Å². The number of aromatic nitrogens is 1. The van der Waals surface area contributed by atoms with Crippen molar-refractivity contribution in [3.8, 4) is 34.0 Å². The molecule has 35 heavy (non-hydrogen) atoms. The normalized spacial score (nSPS) is 12.7. The monoisotopic (exact) mass is 511 g/mol. The number of rotatable bonds is 6. The Morgan fingerprint density at radius 1 is 1.09 bits per heavy atom. The van der Waals surface area contributed by atoms with Gasteiger partial charge in [-0.05, 0) is 42.8 Å². The number of aliphatic hydroxyl groups is 1. The predicted molar refractivity (Wildman–Crippen MR) is 120 cm³/mol. The first-order valence-corrected chi connectivity index (χ1v) is 11.9. The molecule has 3 rings (SSSR count). The van der Waals surface area contributed by atoms with Crippen LogP contribution in [-0.4, -0.2) is 28.3 Å². The Labute approximate surface area is 248 Å². The molecular weight excluding hydrogens is 490 g/mol. The molecule has 2 atom stereocenters. The van der Waals surface area contributed by atoms with Crippen LogP contribution in [0.5, 0.6) is 0 Å². The molecule has 0 saturated heterocycles. The number of hydrogen-bond donors (Lipinski definition) is 1. The quantitative estimate of drug-likeness (QED) is 0.210. The summed E-state index contributed by atoms with van der Waals surface area (Å²) in [7, 11) is -4.43. The SMILES string of the molecule is Cc1nc(-c2ccccc2)c(C)c(-c2ccc(F)cc2)c1C#CP(=O)([O-])C[C@H](O)CC(=O)[O-].[Na+].[Na+]. The molecule has 6 nitrogen and oxygen atoms in total. The molecule has 0 aliphatic heterocycles. The van der Waals surface area contributed by atoms with Crippen LogP contribution in [0.15, 0.2) is 54.6 Å². The summed E-state index contributed by atoms with van der Waals surface area (Å²) < 4.78 is 25.9. The maximum absolute atomic E-state index is 13.6. The maximum Gasteiger partial charge on any atom is 1.00 e. The summed E-state index contributed by atoms with van der Waals surface area (Å²) in [6, 6.07) is 15.2. The van der Waals surface area contributed by atoms with E-state index in [2.05, 4.69) is 16.6 Å². The van der Waals surface area contributed by atoms with Gasteiger partial charge in [0.15, 0.2) is 0 Å². The van der Waals surface area contributed by atoms with Gasteiger partial charge in [0.05, 0.1) is 30.4 Å². The zero-order chi connectivity index (χ0) is 24.2. The third-order valence-electron chi connectivity index (χ3n) is 5.01. The Hall–Kier alpha value is -1.30. The van der Waals surface area contributed by atoms with Crippen molar-refractivity contribution >= 4 is 13.3 Å². The van der Waals surface area contributed by atoms with Gasteiger partial charge in [0, 0.05) is 29.7 Å². The van der Waals surface area contributed by atoms with E-state index in [0.29, 0.717) is 28.1 Å². The minimum atomic E-state index is -4.43. The van der Waals surface area contributed by atoms with Crippen LogP contribution in [0.25, 0.3) is 22.4 Å². The molecule has 10 heteroatoms. The molecule has 0 aliphatic rings. The zero-order valence-electron chi connectivity index (χ0n) is 20.0. The number of hydrogen-bond acceptors (Lipinski definition) is 6. The Morgan fingerprint density at radius 2 is 1.69 bits per heavy atom. The molecule has 170 valence electrons. The van der Waals surface area contributed by atoms with E-state index in [0.717, 1.165) is 11.1 Å². The molecule has 1 heterocycles. The van der Waals surface area contributed by atoms with Crippen LogP contribution in [0.1, 0.15) is 23.2 Å². The minimum Gasteiger partial charge on any atom is -0.790 e. The number of carbonyl (C=O) groups excluding carboxylic acids is 1. The molecule has 1 aromatic heterocycles. The van der Waals surface area contributed by atoms with Gasteiger partial charge in [-0.2, -0.15) is 0 Å². The van der Waals surface area contributed by atoms with Crippen molar-refractivity contribution in [2.24, 2.45) is 0 Å². The van der Waals surface area contributed by atoms with Gasteiger partial charge in [-0.1, -0.05) is 48.4 Å². The molecule has 2 aromatic carbocycles. The number of halogens is 1. The van der Waals surface area contributed by atoms with E-state index < -0.39 is 37.8 Å². The van der Waals surface area contributed by atoms with Crippen LogP contribution in [0.4, 0.5) is 4.39 Å². The first-order chi connectivity index (χ1) is 15.6. The van der Waals surface area contributed by atoms with Crippen molar-refractivity contribution in [3.05, 3.63) is 77.2 Å². The average Bonchev–Trinajstić information content (AvgIpc) is 2.74. The molecule has 0 saturated carbocycles. The van der Waals surface area contributed by atoms with Gasteiger partial charge in [0.25, 0.3) is 0 Å². The number of carboxylic acids is 1. The maximum atomic E-state index is 13.6. The fourth-order valence-electron chi connectivity index (χ4n) is 3.52. The molecule has 0 fully saturated rings. The van der Waals surface area contributed by atoms with E-state index in [1.807, 2.05) is 37.3 Å². The second kappa shape index (κ2) is 13.9. The van der Waals surface area contributed by atoms with E-state index in [-0.39, 0.29) is 59.1 Å². The third-order valence-corrected chi connectivity index (χ3v) is 6.36. The summed E-state index contributed by atoms with van der Waals surface area (Å²) in [6.07, 6.45) is -3.24. The van der Waals surface area contributed by atoms with Crippen LogP contribution in [0.2, 0.25) is 0 Å². The van der Waals surface area contributed by atoms with Crippen LogP contribution < -0.4 is 69.1 Å². The number of nitrogens with zero attached hydrogens (tertiary/aromatic N) is 1. The van der Waals surface area contributed by atoms with Gasteiger partial charge < -0.3 is 24.5 Å². The summed E-state index contributed by atoms with van der Waals surface area (Å²) in [6.45, 7) is 3.53. The van der Waals surface area contributed by atoms with Gasteiger partial charge in [-0.15, -0.1) is 0 Å². The second-order valence-corrected chi connectivity index (χ2v) is 9.55. The van der Waals surface area contributed by atoms with E-state index in [1.54, 1.807) is 19.1 Å². The summed E-state index contributed by atoms with van der Waals surface area (Å²) in [5.74, 6) is 0.690. The first kappa shape index (κ1) is 31.7. The first-order valence-electron chi connectivity index (χ1n) is 10.1. The van der Waals surface area contributed by atoms with Crippen LogP contribution in [0, 0.1) is 31.2 Å². The van der Waals surface area contributed by atoms with Gasteiger partial charge in [0.2, 0.25) is 0 Å². The fourth-order valence-corrected chi connectivity index (χ4v) is 4.58. The average molecular weight is 511 g/mol. The smallest absolute Gasteiger partial charge is 0.790 e. The largest absolute Gasteiger partial charge is 1.00 e. The van der Waals surface area contributed by atoms with E-state index in [1.165, 1.54) is 12.1 Å². The molecule has 0 spiro atoms. The van der Waals surface area contributed by atoms with Gasteiger partial charge in [0.1, 0.15) is 5.82 Å². The number of aryl methyl sites for hydroxylation is 1. The summed E-state index contributed by atoms with van der Waals surface area (Å²) in [5.41, 5.74) is 6.55. The topological polar surface area (TPSA) is 113 Å². The predicted octanol–water partition coefficient (Wildman–Crippen LogP) is -3.37. The second-order valence-electron chi connectivity index (χ2n) is 7.62. The number of carboxylic acid groups (broad SMARTS) is 1. The molecule has 0 bridgehead atoms. The number of carbonyl (C=O) groups is 1. The number of aliphatic carboxylic acids is 1. The van der Waals surface area contributed by atoms with Crippen molar-refractivity contribution in [3.63, 3.8) is 0 Å². The van der Waals surface area contributed by atoms with Crippen LogP contribution in [-0.2, 0) is 9.36 Å². The Balaban J connectivity index is 0.00000306. The summed E-state index contributed by atoms with van der Waals surface area (Å²) in [5, 5.41) is 20.3. The van der Waals surface area contributed by atoms with Crippen molar-refractivity contribution in [1.82, 2.24) is 4.98 Å². The molecule has 3 aromatic rings. The fraction of sp³-hybridized carbons (Fsp3) is 0.200. The van der Waals surface area contributed by atoms with Gasteiger partial charge >= 0.3 is 59.1 Å². The molecule has 1 unspecified atom stereocenters.